The Morgan fingerprint density at radius 3 is 2.95 bits per heavy atom. The van der Waals surface area contributed by atoms with E-state index in [1.807, 2.05) is 19.1 Å². The number of H-pyrrole nitrogens is 1. The molecule has 0 bridgehead atoms. The monoisotopic (exact) mass is 371 g/mol. The number of aromatic amines is 1. The molecule has 0 unspecified atom stereocenters. The van der Waals surface area contributed by atoms with E-state index in [0.29, 0.717) is 17.5 Å². The molecule has 0 spiro atoms. The first-order valence-corrected chi connectivity index (χ1v) is 8.33. The van der Waals surface area contributed by atoms with Crippen LogP contribution in [-0.2, 0) is 12.3 Å². The Hall–Kier alpha value is -1.41. The Morgan fingerprint density at radius 2 is 2.19 bits per heavy atom. The molecule has 0 fully saturated rings. The molecule has 8 heteroatoms. The van der Waals surface area contributed by atoms with Gasteiger partial charge in [0.05, 0.1) is 0 Å². The predicted molar refractivity (Wildman–Crippen MR) is 83.0 cm³/mol. The van der Waals surface area contributed by atoms with E-state index < -0.39 is 0 Å². The Balaban J connectivity index is 1.78. The van der Waals surface area contributed by atoms with Gasteiger partial charge in [-0.25, -0.2) is 9.89 Å². The van der Waals surface area contributed by atoms with Gasteiger partial charge in [-0.05, 0) is 24.1 Å². The van der Waals surface area contributed by atoms with Crippen LogP contribution in [0.3, 0.4) is 0 Å². The number of nitrogens with zero attached hydrogens (tertiary/aromatic N) is 2. The van der Waals surface area contributed by atoms with Gasteiger partial charge in [0, 0.05) is 16.8 Å². The lowest BCUT2D eigenvalue weighted by Gasteiger charge is -2.07. The molecule has 1 aliphatic heterocycles. The molecule has 112 valence electrons. The summed E-state index contributed by atoms with van der Waals surface area (Å²) in [4.78, 5) is 11.6. The van der Waals surface area contributed by atoms with Crippen LogP contribution in [0.2, 0.25) is 0 Å². The molecule has 2 aromatic rings. The largest absolute Gasteiger partial charge is 0.454 e. The third kappa shape index (κ3) is 2.96. The van der Waals surface area contributed by atoms with E-state index in [2.05, 4.69) is 26.1 Å². The summed E-state index contributed by atoms with van der Waals surface area (Å²) in [6, 6.07) is 3.86. The summed E-state index contributed by atoms with van der Waals surface area (Å²) in [5, 5.41) is 7.26. The van der Waals surface area contributed by atoms with Crippen LogP contribution in [0.4, 0.5) is 0 Å². The number of aromatic nitrogens is 3. The van der Waals surface area contributed by atoms with Crippen LogP contribution in [0.5, 0.6) is 11.5 Å². The fourth-order valence-electron chi connectivity index (χ4n) is 2.05. The smallest absolute Gasteiger partial charge is 0.343 e. The van der Waals surface area contributed by atoms with Crippen molar-refractivity contribution in [2.45, 2.75) is 30.8 Å². The van der Waals surface area contributed by atoms with Gasteiger partial charge < -0.3 is 9.47 Å². The van der Waals surface area contributed by atoms with Crippen LogP contribution in [-0.4, -0.2) is 21.6 Å². The van der Waals surface area contributed by atoms with Crippen molar-refractivity contribution in [2.24, 2.45) is 0 Å². The maximum atomic E-state index is 11.6. The normalized spacial score (nSPS) is 12.9. The number of nitrogens with one attached hydrogen (secondary N) is 1. The molecule has 1 aromatic heterocycles. The third-order valence-electron chi connectivity index (χ3n) is 3.07. The van der Waals surface area contributed by atoms with Crippen LogP contribution >= 0.6 is 27.7 Å². The second kappa shape index (κ2) is 6.15. The van der Waals surface area contributed by atoms with Crippen molar-refractivity contribution in [3.63, 3.8) is 0 Å². The van der Waals surface area contributed by atoms with Crippen molar-refractivity contribution in [3.05, 3.63) is 32.7 Å². The van der Waals surface area contributed by atoms with E-state index in [1.54, 1.807) is 4.57 Å². The SMILES string of the molecule is CCCn1c(SCc2cc3c(cc2Br)OCO3)n[nH]c1=O. The molecule has 21 heavy (non-hydrogen) atoms. The Kier molecular flexibility index (Phi) is 4.25. The fourth-order valence-corrected chi connectivity index (χ4v) is 3.66. The summed E-state index contributed by atoms with van der Waals surface area (Å²) >= 11 is 5.05. The van der Waals surface area contributed by atoms with Crippen LogP contribution < -0.4 is 15.2 Å². The Morgan fingerprint density at radius 1 is 1.43 bits per heavy atom. The number of thioether (sulfide) groups is 1. The lowest BCUT2D eigenvalue weighted by molar-refractivity contribution is 0.174. The molecular formula is C13H14BrN3O3S. The second-order valence-corrected chi connectivity index (χ2v) is 6.35. The molecule has 6 nitrogen and oxygen atoms in total. The molecule has 0 saturated carbocycles. The standard InChI is InChI=1S/C13H14BrN3O3S/c1-2-3-17-12(18)15-16-13(17)21-6-8-4-10-11(5-9(8)14)20-7-19-10/h4-5H,2-3,6-7H2,1H3,(H,15,18). The van der Waals surface area contributed by atoms with Crippen molar-refractivity contribution in [1.82, 2.24) is 14.8 Å². The Bertz CT molecular complexity index is 713. The van der Waals surface area contributed by atoms with Crippen molar-refractivity contribution in [1.29, 1.82) is 0 Å². The summed E-state index contributed by atoms with van der Waals surface area (Å²) in [7, 11) is 0. The number of fused-ring (bicyclic) bond motifs is 1. The first-order valence-electron chi connectivity index (χ1n) is 6.55. The van der Waals surface area contributed by atoms with Gasteiger partial charge in [-0.2, -0.15) is 0 Å². The van der Waals surface area contributed by atoms with Gasteiger partial charge in [-0.15, -0.1) is 5.10 Å². The molecule has 1 aliphatic rings. The van der Waals surface area contributed by atoms with Gasteiger partial charge in [0.25, 0.3) is 0 Å². The predicted octanol–water partition coefficient (Wildman–Crippen LogP) is 2.76. The summed E-state index contributed by atoms with van der Waals surface area (Å²) in [6.07, 6.45) is 0.890. The van der Waals surface area contributed by atoms with E-state index in [0.717, 1.165) is 28.0 Å². The van der Waals surface area contributed by atoms with Gasteiger partial charge in [0.2, 0.25) is 6.79 Å². The molecule has 0 atom stereocenters. The molecular weight excluding hydrogens is 358 g/mol. The van der Waals surface area contributed by atoms with E-state index in [-0.39, 0.29) is 12.5 Å². The third-order valence-corrected chi connectivity index (χ3v) is 4.83. The summed E-state index contributed by atoms with van der Waals surface area (Å²) in [5.41, 5.74) is 0.909. The molecule has 3 rings (SSSR count). The number of hydrogen-bond acceptors (Lipinski definition) is 5. The van der Waals surface area contributed by atoms with E-state index >= 15 is 0 Å². The van der Waals surface area contributed by atoms with Gasteiger partial charge in [-0.1, -0.05) is 34.6 Å². The number of benzene rings is 1. The summed E-state index contributed by atoms with van der Waals surface area (Å²) < 4.78 is 13.3. The molecule has 1 aromatic carbocycles. The van der Waals surface area contributed by atoms with Gasteiger partial charge in [0.15, 0.2) is 16.7 Å². The first-order chi connectivity index (χ1) is 10.2. The maximum absolute atomic E-state index is 11.6. The zero-order valence-electron chi connectivity index (χ0n) is 11.4. The van der Waals surface area contributed by atoms with Crippen molar-refractivity contribution >= 4 is 27.7 Å². The number of ether oxygens (including phenoxy) is 2. The zero-order valence-corrected chi connectivity index (χ0v) is 13.8. The van der Waals surface area contributed by atoms with Crippen LogP contribution in [0.1, 0.15) is 18.9 Å². The van der Waals surface area contributed by atoms with Crippen molar-refractivity contribution in [3.8, 4) is 11.5 Å². The van der Waals surface area contributed by atoms with Crippen molar-refractivity contribution < 1.29 is 9.47 Å². The topological polar surface area (TPSA) is 69.1 Å². The van der Waals surface area contributed by atoms with Crippen LogP contribution in [0.15, 0.2) is 26.6 Å². The quantitative estimate of drug-likeness (QED) is 0.818. The van der Waals surface area contributed by atoms with E-state index in [1.165, 1.54) is 11.8 Å². The van der Waals surface area contributed by atoms with Crippen LogP contribution in [0, 0.1) is 0 Å². The van der Waals surface area contributed by atoms with Gasteiger partial charge >= 0.3 is 5.69 Å². The minimum atomic E-state index is -0.163. The average molecular weight is 372 g/mol. The molecule has 1 N–H and O–H groups in total. The highest BCUT2D eigenvalue weighted by molar-refractivity contribution is 9.10. The lowest BCUT2D eigenvalue weighted by Crippen LogP contribution is -2.17. The average Bonchev–Trinajstić information content (AvgIpc) is 3.05. The number of rotatable bonds is 5. The lowest BCUT2D eigenvalue weighted by atomic mass is 10.2. The van der Waals surface area contributed by atoms with Crippen LogP contribution in [0.25, 0.3) is 0 Å². The minimum absolute atomic E-state index is 0.163. The maximum Gasteiger partial charge on any atom is 0.343 e. The van der Waals surface area contributed by atoms with E-state index in [9.17, 15) is 4.79 Å². The highest BCUT2D eigenvalue weighted by atomic mass is 79.9. The molecule has 0 aliphatic carbocycles. The van der Waals surface area contributed by atoms with E-state index in [4.69, 9.17) is 9.47 Å². The molecule has 0 amide bonds. The number of halogens is 1. The highest BCUT2D eigenvalue weighted by Crippen LogP contribution is 2.38. The van der Waals surface area contributed by atoms with Crippen molar-refractivity contribution in [2.75, 3.05) is 6.79 Å². The Labute approximate surface area is 134 Å². The fraction of sp³-hybridized carbons (Fsp3) is 0.385. The molecule has 0 radical (unpaired) electrons. The first kappa shape index (κ1) is 14.5. The molecule has 0 saturated heterocycles. The highest BCUT2D eigenvalue weighted by Gasteiger charge is 2.17. The summed E-state index contributed by atoms with van der Waals surface area (Å²) in [6.45, 7) is 2.95. The molecule has 2 heterocycles. The van der Waals surface area contributed by atoms with Gasteiger partial charge in [-0.3, -0.25) is 4.57 Å². The minimum Gasteiger partial charge on any atom is -0.454 e. The van der Waals surface area contributed by atoms with Gasteiger partial charge in [0.1, 0.15) is 0 Å². The summed E-state index contributed by atoms with van der Waals surface area (Å²) in [5.74, 6) is 2.19. The zero-order chi connectivity index (χ0) is 14.8. The number of hydrogen-bond donors (Lipinski definition) is 1. The second-order valence-electron chi connectivity index (χ2n) is 4.55.